The average molecular weight is 282 g/mol. The molecule has 1 fully saturated rings. The van der Waals surface area contributed by atoms with Crippen molar-refractivity contribution < 1.29 is 0 Å². The van der Waals surface area contributed by atoms with Crippen molar-refractivity contribution in [3.63, 3.8) is 0 Å². The van der Waals surface area contributed by atoms with Gasteiger partial charge in [0.2, 0.25) is 0 Å². The first-order valence-corrected chi connectivity index (χ1v) is 7.02. The van der Waals surface area contributed by atoms with Gasteiger partial charge in [-0.25, -0.2) is 0 Å². The zero-order valence-electron chi connectivity index (χ0n) is 9.88. The van der Waals surface area contributed by atoms with E-state index in [9.17, 15) is 0 Å². The molecule has 1 aliphatic rings. The Kier molecular flexibility index (Phi) is 4.42. The number of rotatable bonds is 5. The van der Waals surface area contributed by atoms with Gasteiger partial charge in [-0.2, -0.15) is 0 Å². The molecule has 1 atom stereocenters. The molecule has 1 aromatic carbocycles. The number of hydrogen-bond acceptors (Lipinski definition) is 1. The highest BCUT2D eigenvalue weighted by Crippen LogP contribution is 2.21. The van der Waals surface area contributed by atoms with Crippen LogP contribution in [0.3, 0.4) is 0 Å². The summed E-state index contributed by atoms with van der Waals surface area (Å²) >= 11 is 3.61. The second-order valence-corrected chi connectivity index (χ2v) is 5.79. The SMILES string of the molecule is CC(CNC1CCC1)Cc1ccccc1Br. The number of nitrogens with one attached hydrogen (secondary N) is 1. The third kappa shape index (κ3) is 3.33. The zero-order valence-corrected chi connectivity index (χ0v) is 11.5. The Morgan fingerprint density at radius 2 is 2.12 bits per heavy atom. The molecular weight excluding hydrogens is 262 g/mol. The molecule has 1 unspecified atom stereocenters. The van der Waals surface area contributed by atoms with Crippen LogP contribution in [-0.4, -0.2) is 12.6 Å². The summed E-state index contributed by atoms with van der Waals surface area (Å²) in [6, 6.07) is 9.34. The summed E-state index contributed by atoms with van der Waals surface area (Å²) in [5.74, 6) is 0.708. The maximum Gasteiger partial charge on any atom is 0.0207 e. The first-order chi connectivity index (χ1) is 7.75. The molecule has 2 rings (SSSR count). The molecule has 0 spiro atoms. The van der Waals surface area contributed by atoms with Crippen LogP contribution in [0.5, 0.6) is 0 Å². The van der Waals surface area contributed by atoms with E-state index < -0.39 is 0 Å². The molecule has 88 valence electrons. The van der Waals surface area contributed by atoms with E-state index in [1.807, 2.05) is 0 Å². The van der Waals surface area contributed by atoms with Crippen molar-refractivity contribution in [2.75, 3.05) is 6.54 Å². The lowest BCUT2D eigenvalue weighted by molar-refractivity contribution is 0.320. The molecule has 0 bridgehead atoms. The molecule has 1 nitrogen and oxygen atoms in total. The summed E-state index contributed by atoms with van der Waals surface area (Å²) < 4.78 is 1.24. The van der Waals surface area contributed by atoms with Crippen molar-refractivity contribution in [3.05, 3.63) is 34.3 Å². The van der Waals surface area contributed by atoms with E-state index in [2.05, 4.69) is 52.4 Å². The monoisotopic (exact) mass is 281 g/mol. The van der Waals surface area contributed by atoms with Gasteiger partial charge in [-0.15, -0.1) is 0 Å². The maximum absolute atomic E-state index is 3.64. The fourth-order valence-electron chi connectivity index (χ4n) is 2.09. The fraction of sp³-hybridized carbons (Fsp3) is 0.571. The van der Waals surface area contributed by atoms with Crippen LogP contribution < -0.4 is 5.32 Å². The number of benzene rings is 1. The van der Waals surface area contributed by atoms with E-state index in [0.29, 0.717) is 5.92 Å². The molecule has 1 aliphatic carbocycles. The summed E-state index contributed by atoms with van der Waals surface area (Å²) in [6.07, 6.45) is 5.32. The predicted molar refractivity (Wildman–Crippen MR) is 72.7 cm³/mol. The van der Waals surface area contributed by atoms with Crippen LogP contribution in [-0.2, 0) is 6.42 Å². The summed E-state index contributed by atoms with van der Waals surface area (Å²) in [4.78, 5) is 0. The highest BCUT2D eigenvalue weighted by molar-refractivity contribution is 9.10. The normalized spacial score (nSPS) is 18.1. The van der Waals surface area contributed by atoms with E-state index in [1.165, 1.54) is 29.3 Å². The topological polar surface area (TPSA) is 12.0 Å². The summed E-state index contributed by atoms with van der Waals surface area (Å²) in [7, 11) is 0. The Hall–Kier alpha value is -0.340. The molecule has 0 aliphatic heterocycles. The van der Waals surface area contributed by atoms with Crippen molar-refractivity contribution in [2.24, 2.45) is 5.92 Å². The predicted octanol–water partition coefficient (Wildman–Crippen LogP) is 3.77. The Bertz CT molecular complexity index is 333. The van der Waals surface area contributed by atoms with Crippen molar-refractivity contribution in [2.45, 2.75) is 38.6 Å². The van der Waals surface area contributed by atoms with Gasteiger partial charge in [-0.05, 0) is 43.4 Å². The number of hydrogen-bond donors (Lipinski definition) is 1. The van der Waals surface area contributed by atoms with E-state index in [1.54, 1.807) is 0 Å². The van der Waals surface area contributed by atoms with Crippen LogP contribution in [0.4, 0.5) is 0 Å². The molecule has 0 aromatic heterocycles. The molecule has 0 amide bonds. The van der Waals surface area contributed by atoms with Gasteiger partial charge in [0.25, 0.3) is 0 Å². The lowest BCUT2D eigenvalue weighted by Gasteiger charge is -2.28. The maximum atomic E-state index is 3.64. The lowest BCUT2D eigenvalue weighted by Crippen LogP contribution is -2.38. The first-order valence-electron chi connectivity index (χ1n) is 6.22. The molecule has 0 saturated heterocycles. The van der Waals surface area contributed by atoms with E-state index >= 15 is 0 Å². The zero-order chi connectivity index (χ0) is 11.4. The summed E-state index contributed by atoms with van der Waals surface area (Å²) in [5.41, 5.74) is 1.42. The van der Waals surface area contributed by atoms with Gasteiger partial charge in [0.1, 0.15) is 0 Å². The quantitative estimate of drug-likeness (QED) is 0.867. The molecule has 16 heavy (non-hydrogen) atoms. The smallest absolute Gasteiger partial charge is 0.0207 e. The molecular formula is C14H20BrN. The van der Waals surface area contributed by atoms with Gasteiger partial charge in [0, 0.05) is 10.5 Å². The Labute approximate surface area is 107 Å². The van der Waals surface area contributed by atoms with Gasteiger partial charge >= 0.3 is 0 Å². The van der Waals surface area contributed by atoms with Gasteiger partial charge in [0.05, 0.1) is 0 Å². The second-order valence-electron chi connectivity index (χ2n) is 4.94. The average Bonchev–Trinajstić information content (AvgIpc) is 2.19. The molecule has 1 aromatic rings. The molecule has 1 N–H and O–H groups in total. The van der Waals surface area contributed by atoms with Crippen LogP contribution in [0.2, 0.25) is 0 Å². The highest BCUT2D eigenvalue weighted by Gasteiger charge is 2.17. The van der Waals surface area contributed by atoms with Crippen molar-refractivity contribution in [1.29, 1.82) is 0 Å². The summed E-state index contributed by atoms with van der Waals surface area (Å²) in [6.45, 7) is 3.47. The van der Waals surface area contributed by atoms with E-state index in [4.69, 9.17) is 0 Å². The molecule has 0 heterocycles. The Morgan fingerprint density at radius 1 is 1.38 bits per heavy atom. The summed E-state index contributed by atoms with van der Waals surface area (Å²) in [5, 5.41) is 3.64. The van der Waals surface area contributed by atoms with Crippen LogP contribution >= 0.6 is 15.9 Å². The van der Waals surface area contributed by atoms with Crippen molar-refractivity contribution in [1.82, 2.24) is 5.32 Å². The van der Waals surface area contributed by atoms with Crippen molar-refractivity contribution in [3.8, 4) is 0 Å². The largest absolute Gasteiger partial charge is 0.314 e. The minimum absolute atomic E-state index is 0.708. The number of halogens is 1. The molecule has 0 radical (unpaired) electrons. The second kappa shape index (κ2) is 5.83. The third-order valence-corrected chi connectivity index (χ3v) is 4.16. The highest BCUT2D eigenvalue weighted by atomic mass is 79.9. The minimum atomic E-state index is 0.708. The van der Waals surface area contributed by atoms with Gasteiger partial charge < -0.3 is 5.32 Å². The molecule has 2 heteroatoms. The van der Waals surface area contributed by atoms with E-state index in [-0.39, 0.29) is 0 Å². The first kappa shape index (κ1) is 12.1. The fourth-order valence-corrected chi connectivity index (χ4v) is 2.54. The van der Waals surface area contributed by atoms with Crippen LogP contribution in [0.25, 0.3) is 0 Å². The van der Waals surface area contributed by atoms with Crippen LogP contribution in [0.1, 0.15) is 31.7 Å². The van der Waals surface area contributed by atoms with Crippen LogP contribution in [0, 0.1) is 5.92 Å². The standard InChI is InChI=1S/C14H20BrN/c1-11(10-16-13-6-4-7-13)9-12-5-2-3-8-14(12)15/h2-3,5,8,11,13,16H,4,6-7,9-10H2,1H3. The minimum Gasteiger partial charge on any atom is -0.314 e. The molecule has 1 saturated carbocycles. The van der Waals surface area contributed by atoms with Gasteiger partial charge in [0.15, 0.2) is 0 Å². The van der Waals surface area contributed by atoms with Crippen molar-refractivity contribution >= 4 is 15.9 Å². The Morgan fingerprint density at radius 3 is 2.75 bits per heavy atom. The third-order valence-electron chi connectivity index (χ3n) is 3.39. The Balaban J connectivity index is 1.77. The van der Waals surface area contributed by atoms with Gasteiger partial charge in [-0.3, -0.25) is 0 Å². The van der Waals surface area contributed by atoms with E-state index in [0.717, 1.165) is 19.0 Å². The van der Waals surface area contributed by atoms with Crippen LogP contribution in [0.15, 0.2) is 28.7 Å². The lowest BCUT2D eigenvalue weighted by atomic mass is 9.92. The van der Waals surface area contributed by atoms with Gasteiger partial charge in [-0.1, -0.05) is 47.5 Å².